The largest absolute Gasteiger partial charge is 0.491 e. The third kappa shape index (κ3) is 3.84. The first-order chi connectivity index (χ1) is 9.60. The summed E-state index contributed by atoms with van der Waals surface area (Å²) in [5.74, 6) is 5.60. The molecule has 0 heterocycles. The number of ether oxygens (including phenoxy) is 1. The maximum Gasteiger partial charge on any atom is 0.129 e. The monoisotopic (exact) mass is 314 g/mol. The van der Waals surface area contributed by atoms with Gasteiger partial charge in [-0.05, 0) is 30.3 Å². The highest BCUT2D eigenvalue weighted by Gasteiger charge is 2.15. The highest BCUT2D eigenvalue weighted by molar-refractivity contribution is 6.30. The predicted molar refractivity (Wildman–Crippen MR) is 78.4 cm³/mol. The van der Waals surface area contributed by atoms with Crippen molar-refractivity contribution in [2.24, 2.45) is 5.84 Å². The lowest BCUT2D eigenvalue weighted by Gasteiger charge is -2.18. The van der Waals surface area contributed by atoms with Gasteiger partial charge in [0.15, 0.2) is 0 Å². The van der Waals surface area contributed by atoms with Gasteiger partial charge in [0.2, 0.25) is 0 Å². The standard InChI is InChI=1S/C14H13Cl2FN2O/c15-9-2-1-3-11(6-9)20-8-14(19-18)12-5-4-10(16)7-13(12)17/h1-7,14,19H,8,18H2. The number of hydrogen-bond donors (Lipinski definition) is 2. The van der Waals surface area contributed by atoms with Crippen LogP contribution < -0.4 is 16.0 Å². The summed E-state index contributed by atoms with van der Waals surface area (Å²) in [4.78, 5) is 0. The molecule has 0 aliphatic heterocycles. The molecule has 0 bridgehead atoms. The van der Waals surface area contributed by atoms with Crippen LogP contribution in [0.25, 0.3) is 0 Å². The highest BCUT2D eigenvalue weighted by atomic mass is 35.5. The van der Waals surface area contributed by atoms with E-state index in [0.717, 1.165) is 0 Å². The molecule has 0 radical (unpaired) electrons. The zero-order chi connectivity index (χ0) is 14.5. The zero-order valence-electron chi connectivity index (χ0n) is 10.4. The second-order valence-electron chi connectivity index (χ2n) is 4.15. The van der Waals surface area contributed by atoms with Gasteiger partial charge >= 0.3 is 0 Å². The zero-order valence-corrected chi connectivity index (χ0v) is 12.0. The first kappa shape index (κ1) is 15.1. The number of hydrogen-bond acceptors (Lipinski definition) is 3. The Labute approximate surface area is 126 Å². The van der Waals surface area contributed by atoms with Crippen LogP contribution in [0.15, 0.2) is 42.5 Å². The molecule has 0 spiro atoms. The summed E-state index contributed by atoms with van der Waals surface area (Å²) in [5.41, 5.74) is 2.91. The van der Waals surface area contributed by atoms with Crippen molar-refractivity contribution in [1.29, 1.82) is 0 Å². The van der Waals surface area contributed by atoms with Crippen molar-refractivity contribution in [2.75, 3.05) is 6.61 Å². The van der Waals surface area contributed by atoms with Gasteiger partial charge in [-0.1, -0.05) is 35.3 Å². The van der Waals surface area contributed by atoms with Gasteiger partial charge in [0.1, 0.15) is 18.2 Å². The molecule has 20 heavy (non-hydrogen) atoms. The van der Waals surface area contributed by atoms with Gasteiger partial charge in [0.25, 0.3) is 0 Å². The Kier molecular flexibility index (Phi) is 5.20. The molecule has 0 amide bonds. The molecular weight excluding hydrogens is 302 g/mol. The van der Waals surface area contributed by atoms with E-state index >= 15 is 0 Å². The molecule has 106 valence electrons. The summed E-state index contributed by atoms with van der Waals surface area (Å²) in [6, 6.07) is 10.9. The second-order valence-corrected chi connectivity index (χ2v) is 5.03. The van der Waals surface area contributed by atoms with Crippen molar-refractivity contribution in [3.8, 4) is 5.75 Å². The molecule has 2 aromatic rings. The SMILES string of the molecule is NNC(COc1cccc(Cl)c1)c1ccc(Cl)cc1F. The first-order valence-electron chi connectivity index (χ1n) is 5.89. The molecule has 0 aliphatic rings. The van der Waals surface area contributed by atoms with E-state index in [-0.39, 0.29) is 6.61 Å². The number of rotatable bonds is 5. The van der Waals surface area contributed by atoms with E-state index in [2.05, 4.69) is 5.43 Å². The fourth-order valence-electron chi connectivity index (χ4n) is 1.75. The van der Waals surface area contributed by atoms with Crippen molar-refractivity contribution in [2.45, 2.75) is 6.04 Å². The van der Waals surface area contributed by atoms with Crippen molar-refractivity contribution in [1.82, 2.24) is 5.43 Å². The Morgan fingerprint density at radius 1 is 1.15 bits per heavy atom. The van der Waals surface area contributed by atoms with Crippen molar-refractivity contribution in [3.63, 3.8) is 0 Å². The minimum Gasteiger partial charge on any atom is -0.491 e. The summed E-state index contributed by atoms with van der Waals surface area (Å²) >= 11 is 11.6. The Balaban J connectivity index is 2.09. The Morgan fingerprint density at radius 2 is 1.90 bits per heavy atom. The highest BCUT2D eigenvalue weighted by Crippen LogP contribution is 2.23. The second kappa shape index (κ2) is 6.90. The average molecular weight is 315 g/mol. The van der Waals surface area contributed by atoms with Crippen molar-refractivity contribution < 1.29 is 9.13 Å². The molecule has 0 aromatic heterocycles. The minimum absolute atomic E-state index is 0.162. The van der Waals surface area contributed by atoms with Crippen LogP contribution in [-0.2, 0) is 0 Å². The van der Waals surface area contributed by atoms with Gasteiger partial charge in [-0.15, -0.1) is 0 Å². The Hall–Kier alpha value is -1.33. The fraction of sp³-hybridized carbons (Fsp3) is 0.143. The average Bonchev–Trinajstić information content (AvgIpc) is 2.41. The lowest BCUT2D eigenvalue weighted by atomic mass is 10.1. The van der Waals surface area contributed by atoms with Crippen LogP contribution in [0.3, 0.4) is 0 Å². The number of halogens is 3. The molecule has 0 fully saturated rings. The third-order valence-corrected chi connectivity index (χ3v) is 3.22. The van der Waals surface area contributed by atoms with E-state index in [1.54, 1.807) is 36.4 Å². The number of nitrogens with two attached hydrogens (primary N) is 1. The van der Waals surface area contributed by atoms with Crippen molar-refractivity contribution >= 4 is 23.2 Å². The molecule has 0 saturated heterocycles. The Morgan fingerprint density at radius 3 is 2.55 bits per heavy atom. The van der Waals surface area contributed by atoms with Crippen molar-refractivity contribution in [3.05, 3.63) is 63.9 Å². The quantitative estimate of drug-likeness (QED) is 0.653. The fourth-order valence-corrected chi connectivity index (χ4v) is 2.09. The van der Waals surface area contributed by atoms with Gasteiger partial charge in [-0.2, -0.15) is 0 Å². The summed E-state index contributed by atoms with van der Waals surface area (Å²) in [6.45, 7) is 0.162. The number of nitrogens with one attached hydrogen (secondary N) is 1. The van der Waals surface area contributed by atoms with E-state index in [4.69, 9.17) is 33.8 Å². The molecule has 0 aliphatic carbocycles. The normalized spacial score (nSPS) is 12.2. The maximum absolute atomic E-state index is 13.8. The molecule has 2 aromatic carbocycles. The van der Waals surface area contributed by atoms with Crippen LogP contribution in [0.1, 0.15) is 11.6 Å². The van der Waals surface area contributed by atoms with Gasteiger partial charge in [-0.3, -0.25) is 5.84 Å². The van der Waals surface area contributed by atoms with Crippen LogP contribution in [0, 0.1) is 5.82 Å². The smallest absolute Gasteiger partial charge is 0.129 e. The summed E-state index contributed by atoms with van der Waals surface area (Å²) in [7, 11) is 0. The number of benzene rings is 2. The van der Waals surface area contributed by atoms with Crippen LogP contribution in [0.5, 0.6) is 5.75 Å². The summed E-state index contributed by atoms with van der Waals surface area (Å²) < 4.78 is 19.4. The maximum atomic E-state index is 13.8. The topological polar surface area (TPSA) is 47.3 Å². The molecule has 3 N–H and O–H groups in total. The molecule has 1 unspecified atom stereocenters. The van der Waals surface area contributed by atoms with Gasteiger partial charge in [0.05, 0.1) is 6.04 Å². The van der Waals surface area contributed by atoms with Gasteiger partial charge < -0.3 is 4.74 Å². The number of hydrazine groups is 1. The van der Waals surface area contributed by atoms with E-state index in [1.165, 1.54) is 6.07 Å². The predicted octanol–water partition coefficient (Wildman–Crippen LogP) is 3.72. The molecule has 3 nitrogen and oxygen atoms in total. The summed E-state index contributed by atoms with van der Waals surface area (Å²) in [5, 5.41) is 0.898. The van der Waals surface area contributed by atoms with Crippen LogP contribution in [0.4, 0.5) is 4.39 Å². The molecule has 1 atom stereocenters. The molecule has 2 rings (SSSR count). The summed E-state index contributed by atoms with van der Waals surface area (Å²) in [6.07, 6.45) is 0. The molecule has 6 heteroatoms. The van der Waals surface area contributed by atoms with Gasteiger partial charge in [0, 0.05) is 15.6 Å². The molecule has 0 saturated carbocycles. The first-order valence-corrected chi connectivity index (χ1v) is 6.65. The van der Waals surface area contributed by atoms with E-state index in [0.29, 0.717) is 21.4 Å². The molecular formula is C14H13Cl2FN2O. The third-order valence-electron chi connectivity index (χ3n) is 2.75. The van der Waals surface area contributed by atoms with E-state index in [9.17, 15) is 4.39 Å². The lowest BCUT2D eigenvalue weighted by Crippen LogP contribution is -2.33. The van der Waals surface area contributed by atoms with E-state index in [1.807, 2.05) is 0 Å². The van der Waals surface area contributed by atoms with Crippen LogP contribution in [0.2, 0.25) is 10.0 Å². The Bertz CT molecular complexity index is 595. The minimum atomic E-state index is -0.494. The van der Waals surface area contributed by atoms with Gasteiger partial charge in [-0.25, -0.2) is 9.82 Å². The van der Waals surface area contributed by atoms with Crippen LogP contribution in [-0.4, -0.2) is 6.61 Å². The lowest BCUT2D eigenvalue weighted by molar-refractivity contribution is 0.264. The van der Waals surface area contributed by atoms with Crippen LogP contribution >= 0.6 is 23.2 Å². The van der Waals surface area contributed by atoms with E-state index < -0.39 is 11.9 Å².